The predicted octanol–water partition coefficient (Wildman–Crippen LogP) is 4.01. The van der Waals surface area contributed by atoms with E-state index in [2.05, 4.69) is 51.1 Å². The van der Waals surface area contributed by atoms with Crippen molar-refractivity contribution >= 4 is 5.71 Å². The summed E-state index contributed by atoms with van der Waals surface area (Å²) in [4.78, 5) is 4.85. The lowest BCUT2D eigenvalue weighted by molar-refractivity contribution is 0.582. The number of aliphatic imine (C=N–C) groups is 1. The van der Waals surface area contributed by atoms with Crippen LogP contribution in [-0.4, -0.2) is 5.71 Å². The van der Waals surface area contributed by atoms with Gasteiger partial charge in [0.2, 0.25) is 0 Å². The molecule has 0 bridgehead atoms. The molecule has 0 N–H and O–H groups in total. The van der Waals surface area contributed by atoms with Crippen molar-refractivity contribution in [3.05, 3.63) is 35.9 Å². The smallest absolute Gasteiger partial charge is 0.0752 e. The van der Waals surface area contributed by atoms with Gasteiger partial charge < -0.3 is 0 Å². The average Bonchev–Trinajstić information content (AvgIpc) is 2.67. The summed E-state index contributed by atoms with van der Waals surface area (Å²) in [6.07, 6.45) is 2.33. The van der Waals surface area contributed by atoms with Crippen LogP contribution in [0, 0.1) is 5.41 Å². The van der Waals surface area contributed by atoms with Gasteiger partial charge in [-0.05, 0) is 23.8 Å². The van der Waals surface area contributed by atoms with Crippen LogP contribution in [0.25, 0.3) is 0 Å². The van der Waals surface area contributed by atoms with E-state index >= 15 is 0 Å². The molecule has 1 aliphatic heterocycles. The zero-order valence-corrected chi connectivity index (χ0v) is 9.83. The summed E-state index contributed by atoms with van der Waals surface area (Å²) in [5.74, 6) is 0. The Labute approximate surface area is 92.2 Å². The first-order chi connectivity index (χ1) is 7.07. The van der Waals surface area contributed by atoms with Crippen LogP contribution in [-0.2, 0) is 0 Å². The van der Waals surface area contributed by atoms with Gasteiger partial charge in [0, 0.05) is 5.71 Å². The maximum Gasteiger partial charge on any atom is 0.0752 e. The Balaban J connectivity index is 2.20. The van der Waals surface area contributed by atoms with Crippen molar-refractivity contribution in [2.45, 2.75) is 39.7 Å². The molecule has 0 aliphatic carbocycles. The van der Waals surface area contributed by atoms with Gasteiger partial charge in [-0.25, -0.2) is 0 Å². The Morgan fingerprint density at radius 3 is 2.33 bits per heavy atom. The van der Waals surface area contributed by atoms with Gasteiger partial charge in [0.15, 0.2) is 0 Å². The molecule has 1 heteroatoms. The molecule has 1 heterocycles. The van der Waals surface area contributed by atoms with Gasteiger partial charge in [0.1, 0.15) is 0 Å². The third-order valence-corrected chi connectivity index (χ3v) is 3.02. The first-order valence-electron chi connectivity index (χ1n) is 5.69. The van der Waals surface area contributed by atoms with E-state index in [1.807, 2.05) is 0 Å². The minimum absolute atomic E-state index is 0.240. The molecule has 80 valence electrons. The molecule has 1 aromatic carbocycles. The zero-order valence-electron chi connectivity index (χ0n) is 9.83. The third kappa shape index (κ3) is 2.28. The second-order valence-electron chi connectivity index (χ2n) is 5.29. The van der Waals surface area contributed by atoms with E-state index in [4.69, 9.17) is 4.99 Å². The van der Waals surface area contributed by atoms with Gasteiger partial charge in [0.25, 0.3) is 0 Å². The lowest BCUT2D eigenvalue weighted by atomic mass is 9.88. The maximum absolute atomic E-state index is 4.85. The molecular weight excluding hydrogens is 182 g/mol. The zero-order chi connectivity index (χ0) is 10.9. The summed E-state index contributed by atoms with van der Waals surface area (Å²) in [5.41, 5.74) is 2.97. The highest BCUT2D eigenvalue weighted by molar-refractivity contribution is 5.90. The fourth-order valence-corrected chi connectivity index (χ4v) is 2.08. The summed E-state index contributed by atoms with van der Waals surface area (Å²) in [5, 5.41) is 0. The molecule has 0 fully saturated rings. The third-order valence-electron chi connectivity index (χ3n) is 3.02. The molecule has 0 saturated carbocycles. The Morgan fingerprint density at radius 1 is 1.13 bits per heavy atom. The van der Waals surface area contributed by atoms with Gasteiger partial charge in [0.05, 0.1) is 6.04 Å². The Kier molecular flexibility index (Phi) is 2.64. The monoisotopic (exact) mass is 201 g/mol. The van der Waals surface area contributed by atoms with Crippen LogP contribution in [0.1, 0.15) is 45.2 Å². The number of rotatable bonds is 1. The Bertz CT molecular complexity index is 357. The molecule has 1 nitrogen and oxygen atoms in total. The standard InChI is InChI=1S/C14H19N/c1-14(2,3)13-10-9-12(15-13)11-7-5-4-6-8-11/h4-8,12H,9-10H2,1-3H3. The fourth-order valence-electron chi connectivity index (χ4n) is 2.08. The average molecular weight is 201 g/mol. The fraction of sp³-hybridized carbons (Fsp3) is 0.500. The van der Waals surface area contributed by atoms with Crippen molar-refractivity contribution in [2.75, 3.05) is 0 Å². The van der Waals surface area contributed by atoms with E-state index in [0.717, 1.165) is 6.42 Å². The molecule has 0 amide bonds. The topological polar surface area (TPSA) is 12.4 Å². The van der Waals surface area contributed by atoms with E-state index < -0.39 is 0 Å². The summed E-state index contributed by atoms with van der Waals surface area (Å²) < 4.78 is 0. The van der Waals surface area contributed by atoms with Gasteiger partial charge in [-0.15, -0.1) is 0 Å². The summed E-state index contributed by atoms with van der Waals surface area (Å²) >= 11 is 0. The van der Waals surface area contributed by atoms with E-state index in [-0.39, 0.29) is 5.41 Å². The highest BCUT2D eigenvalue weighted by Crippen LogP contribution is 2.34. The lowest BCUT2D eigenvalue weighted by Gasteiger charge is -2.17. The largest absolute Gasteiger partial charge is 0.285 e. The minimum Gasteiger partial charge on any atom is -0.285 e. The lowest BCUT2D eigenvalue weighted by Crippen LogP contribution is -2.17. The minimum atomic E-state index is 0.240. The number of hydrogen-bond donors (Lipinski definition) is 0. The van der Waals surface area contributed by atoms with Crippen molar-refractivity contribution < 1.29 is 0 Å². The van der Waals surface area contributed by atoms with Crippen molar-refractivity contribution in [2.24, 2.45) is 10.4 Å². The number of nitrogens with zero attached hydrogens (tertiary/aromatic N) is 1. The van der Waals surface area contributed by atoms with E-state index in [1.165, 1.54) is 17.7 Å². The van der Waals surface area contributed by atoms with Gasteiger partial charge >= 0.3 is 0 Å². The van der Waals surface area contributed by atoms with E-state index in [0.29, 0.717) is 6.04 Å². The summed E-state index contributed by atoms with van der Waals surface area (Å²) in [6.45, 7) is 6.75. The van der Waals surface area contributed by atoms with Crippen molar-refractivity contribution in [1.29, 1.82) is 0 Å². The molecule has 1 atom stereocenters. The predicted molar refractivity (Wildman–Crippen MR) is 65.3 cm³/mol. The first-order valence-corrected chi connectivity index (χ1v) is 5.69. The van der Waals surface area contributed by atoms with E-state index in [9.17, 15) is 0 Å². The van der Waals surface area contributed by atoms with Crippen LogP contribution >= 0.6 is 0 Å². The highest BCUT2D eigenvalue weighted by atomic mass is 14.8. The number of benzene rings is 1. The Morgan fingerprint density at radius 2 is 1.80 bits per heavy atom. The first kappa shape index (κ1) is 10.4. The Hall–Kier alpha value is -1.11. The van der Waals surface area contributed by atoms with Crippen LogP contribution in [0.4, 0.5) is 0 Å². The van der Waals surface area contributed by atoms with Crippen LogP contribution in [0.15, 0.2) is 35.3 Å². The van der Waals surface area contributed by atoms with Crippen molar-refractivity contribution in [3.63, 3.8) is 0 Å². The summed E-state index contributed by atoms with van der Waals surface area (Å²) in [6, 6.07) is 11.0. The van der Waals surface area contributed by atoms with E-state index in [1.54, 1.807) is 0 Å². The van der Waals surface area contributed by atoms with Crippen LogP contribution in [0.5, 0.6) is 0 Å². The normalized spacial score (nSPS) is 21.5. The molecule has 0 radical (unpaired) electrons. The molecule has 1 aromatic rings. The maximum atomic E-state index is 4.85. The van der Waals surface area contributed by atoms with Gasteiger partial charge in [-0.3, -0.25) is 4.99 Å². The quantitative estimate of drug-likeness (QED) is 0.651. The molecule has 2 rings (SSSR count). The molecular formula is C14H19N. The van der Waals surface area contributed by atoms with Crippen molar-refractivity contribution in [3.8, 4) is 0 Å². The molecule has 0 saturated heterocycles. The molecule has 0 spiro atoms. The summed E-state index contributed by atoms with van der Waals surface area (Å²) in [7, 11) is 0. The molecule has 1 unspecified atom stereocenters. The second-order valence-corrected chi connectivity index (χ2v) is 5.29. The molecule has 1 aliphatic rings. The SMILES string of the molecule is CC(C)(C)C1=NC(c2ccccc2)CC1. The number of hydrogen-bond acceptors (Lipinski definition) is 1. The van der Waals surface area contributed by atoms with Crippen LogP contribution in [0.2, 0.25) is 0 Å². The second kappa shape index (κ2) is 3.80. The highest BCUT2D eigenvalue weighted by Gasteiger charge is 2.26. The molecule has 0 aromatic heterocycles. The van der Waals surface area contributed by atoms with Gasteiger partial charge in [-0.2, -0.15) is 0 Å². The van der Waals surface area contributed by atoms with Gasteiger partial charge in [-0.1, -0.05) is 51.1 Å². The van der Waals surface area contributed by atoms with Crippen LogP contribution < -0.4 is 0 Å². The van der Waals surface area contributed by atoms with Crippen molar-refractivity contribution in [1.82, 2.24) is 0 Å². The van der Waals surface area contributed by atoms with Crippen LogP contribution in [0.3, 0.4) is 0 Å². The molecule has 15 heavy (non-hydrogen) atoms.